The Morgan fingerprint density at radius 1 is 1.08 bits per heavy atom. The Morgan fingerprint density at radius 2 is 1.85 bits per heavy atom. The summed E-state index contributed by atoms with van der Waals surface area (Å²) in [5.41, 5.74) is 3.21. The molecule has 136 valence electrons. The van der Waals surface area contributed by atoms with Crippen LogP contribution in [0.1, 0.15) is 30.7 Å². The van der Waals surface area contributed by atoms with E-state index in [0.29, 0.717) is 11.4 Å². The van der Waals surface area contributed by atoms with Gasteiger partial charge in [-0.15, -0.1) is 0 Å². The highest BCUT2D eigenvalue weighted by molar-refractivity contribution is 6.30. The van der Waals surface area contributed by atoms with Gasteiger partial charge in [-0.05, 0) is 42.7 Å². The molecule has 0 aliphatic rings. The number of halogens is 1. The average molecular weight is 370 g/mol. The minimum atomic E-state index is 0.0580. The molecular formula is C21H24ClN3O. The van der Waals surface area contributed by atoms with Crippen molar-refractivity contribution in [1.29, 1.82) is 0 Å². The number of amides is 1. The number of unbranched alkanes of at least 4 members (excludes halogenated alkanes) is 2. The van der Waals surface area contributed by atoms with E-state index in [0.717, 1.165) is 49.1 Å². The van der Waals surface area contributed by atoms with Crippen LogP contribution in [-0.2, 0) is 24.7 Å². The summed E-state index contributed by atoms with van der Waals surface area (Å²) < 4.78 is 2.17. The van der Waals surface area contributed by atoms with Gasteiger partial charge in [0, 0.05) is 25.0 Å². The Balaban J connectivity index is 1.34. The fourth-order valence-corrected chi connectivity index (χ4v) is 3.21. The third-order valence-electron chi connectivity index (χ3n) is 4.56. The van der Waals surface area contributed by atoms with Gasteiger partial charge in [-0.2, -0.15) is 0 Å². The Kier molecular flexibility index (Phi) is 6.29. The SMILES string of the molecule is Cn1c(CCCCCNC(=O)Cc2ccc(Cl)cc2)nc2ccccc21. The molecule has 1 amide bonds. The van der Waals surface area contributed by atoms with Gasteiger partial charge < -0.3 is 9.88 Å². The van der Waals surface area contributed by atoms with E-state index in [1.807, 2.05) is 36.4 Å². The predicted molar refractivity (Wildman–Crippen MR) is 106 cm³/mol. The summed E-state index contributed by atoms with van der Waals surface area (Å²) in [5.74, 6) is 1.18. The topological polar surface area (TPSA) is 46.9 Å². The Labute approximate surface area is 159 Å². The first-order valence-corrected chi connectivity index (χ1v) is 9.43. The number of nitrogens with zero attached hydrogens (tertiary/aromatic N) is 2. The highest BCUT2D eigenvalue weighted by atomic mass is 35.5. The summed E-state index contributed by atoms with van der Waals surface area (Å²) in [4.78, 5) is 16.6. The molecule has 2 aromatic carbocycles. The van der Waals surface area contributed by atoms with Crippen LogP contribution in [0.4, 0.5) is 0 Å². The fraction of sp³-hybridized carbons (Fsp3) is 0.333. The van der Waals surface area contributed by atoms with E-state index in [2.05, 4.69) is 29.1 Å². The third-order valence-corrected chi connectivity index (χ3v) is 4.81. The Hall–Kier alpha value is -2.33. The second kappa shape index (κ2) is 8.86. The van der Waals surface area contributed by atoms with Gasteiger partial charge in [0.1, 0.15) is 5.82 Å². The van der Waals surface area contributed by atoms with Gasteiger partial charge in [0.05, 0.1) is 17.5 Å². The van der Waals surface area contributed by atoms with Crippen LogP contribution in [0, 0.1) is 0 Å². The lowest BCUT2D eigenvalue weighted by Crippen LogP contribution is -2.26. The zero-order valence-corrected chi connectivity index (χ0v) is 15.8. The molecule has 0 spiro atoms. The molecule has 1 aromatic heterocycles. The summed E-state index contributed by atoms with van der Waals surface area (Å²) in [5, 5.41) is 3.67. The van der Waals surface area contributed by atoms with E-state index in [4.69, 9.17) is 16.6 Å². The van der Waals surface area contributed by atoms with E-state index < -0.39 is 0 Å². The molecular weight excluding hydrogens is 346 g/mol. The molecule has 0 saturated carbocycles. The van der Waals surface area contributed by atoms with E-state index in [1.54, 1.807) is 0 Å². The normalized spacial score (nSPS) is 11.0. The molecule has 0 unspecified atom stereocenters. The van der Waals surface area contributed by atoms with Crippen molar-refractivity contribution in [1.82, 2.24) is 14.9 Å². The molecule has 1 N–H and O–H groups in total. The number of aryl methyl sites for hydroxylation is 2. The van der Waals surface area contributed by atoms with Gasteiger partial charge in [0.25, 0.3) is 0 Å². The van der Waals surface area contributed by atoms with Crippen LogP contribution in [0.3, 0.4) is 0 Å². The highest BCUT2D eigenvalue weighted by Crippen LogP contribution is 2.16. The number of carbonyl (C=O) groups is 1. The van der Waals surface area contributed by atoms with Crippen LogP contribution in [-0.4, -0.2) is 22.0 Å². The first-order valence-electron chi connectivity index (χ1n) is 9.05. The van der Waals surface area contributed by atoms with Gasteiger partial charge in [-0.25, -0.2) is 4.98 Å². The lowest BCUT2D eigenvalue weighted by Gasteiger charge is -2.06. The van der Waals surface area contributed by atoms with Crippen LogP contribution in [0.5, 0.6) is 0 Å². The minimum absolute atomic E-state index is 0.0580. The van der Waals surface area contributed by atoms with Gasteiger partial charge >= 0.3 is 0 Å². The third kappa shape index (κ3) is 4.85. The fourth-order valence-electron chi connectivity index (χ4n) is 3.08. The van der Waals surface area contributed by atoms with Crippen molar-refractivity contribution in [3.8, 4) is 0 Å². The molecule has 0 aliphatic heterocycles. The molecule has 0 saturated heterocycles. The summed E-state index contributed by atoms with van der Waals surface area (Å²) in [7, 11) is 2.07. The maximum atomic E-state index is 11.9. The van der Waals surface area contributed by atoms with E-state index in [-0.39, 0.29) is 5.91 Å². The molecule has 0 fully saturated rings. The molecule has 3 aromatic rings. The van der Waals surface area contributed by atoms with Crippen LogP contribution >= 0.6 is 11.6 Å². The van der Waals surface area contributed by atoms with Gasteiger partial charge in [0.2, 0.25) is 5.91 Å². The first-order chi connectivity index (χ1) is 12.6. The number of aromatic nitrogens is 2. The largest absolute Gasteiger partial charge is 0.356 e. The molecule has 0 bridgehead atoms. The minimum Gasteiger partial charge on any atom is -0.356 e. The lowest BCUT2D eigenvalue weighted by atomic mass is 10.1. The standard InChI is InChI=1S/C21H24ClN3O/c1-25-19-8-5-4-7-18(19)24-20(25)9-3-2-6-14-23-21(26)15-16-10-12-17(22)13-11-16/h4-5,7-8,10-13H,2-3,6,9,14-15H2,1H3,(H,23,26). The molecule has 5 heteroatoms. The number of hydrogen-bond donors (Lipinski definition) is 1. The molecule has 3 rings (SSSR count). The van der Waals surface area contributed by atoms with Gasteiger partial charge in [0.15, 0.2) is 0 Å². The van der Waals surface area contributed by atoms with Crippen molar-refractivity contribution in [2.24, 2.45) is 7.05 Å². The maximum Gasteiger partial charge on any atom is 0.224 e. The van der Waals surface area contributed by atoms with Gasteiger partial charge in [-0.3, -0.25) is 4.79 Å². The number of carbonyl (C=O) groups excluding carboxylic acids is 1. The predicted octanol–water partition coefficient (Wildman–Crippen LogP) is 4.30. The quantitative estimate of drug-likeness (QED) is 0.602. The summed E-state index contributed by atoms with van der Waals surface area (Å²) >= 11 is 5.85. The molecule has 0 radical (unpaired) electrons. The van der Waals surface area contributed by atoms with Crippen LogP contribution in [0.25, 0.3) is 11.0 Å². The number of para-hydroxylation sites is 2. The van der Waals surface area contributed by atoms with Crippen LogP contribution in [0.15, 0.2) is 48.5 Å². The van der Waals surface area contributed by atoms with Crippen molar-refractivity contribution < 1.29 is 4.79 Å². The summed E-state index contributed by atoms with van der Waals surface area (Å²) in [6.45, 7) is 0.717. The molecule has 0 atom stereocenters. The van der Waals surface area contributed by atoms with Crippen molar-refractivity contribution in [3.63, 3.8) is 0 Å². The maximum absolute atomic E-state index is 11.9. The number of benzene rings is 2. The smallest absolute Gasteiger partial charge is 0.224 e. The number of imidazole rings is 1. The van der Waals surface area contributed by atoms with E-state index in [9.17, 15) is 4.79 Å². The Morgan fingerprint density at radius 3 is 2.62 bits per heavy atom. The molecule has 4 nitrogen and oxygen atoms in total. The number of rotatable bonds is 8. The van der Waals surface area contributed by atoms with Crippen molar-refractivity contribution in [2.75, 3.05) is 6.54 Å². The lowest BCUT2D eigenvalue weighted by molar-refractivity contribution is -0.120. The zero-order valence-electron chi connectivity index (χ0n) is 15.0. The van der Waals surface area contributed by atoms with E-state index in [1.165, 1.54) is 5.52 Å². The highest BCUT2D eigenvalue weighted by Gasteiger charge is 2.07. The molecule has 0 aliphatic carbocycles. The summed E-state index contributed by atoms with van der Waals surface area (Å²) in [6, 6.07) is 15.6. The van der Waals surface area contributed by atoms with Crippen LogP contribution < -0.4 is 5.32 Å². The molecule has 1 heterocycles. The van der Waals surface area contributed by atoms with Crippen molar-refractivity contribution >= 4 is 28.5 Å². The number of hydrogen-bond acceptors (Lipinski definition) is 2. The van der Waals surface area contributed by atoms with Crippen LogP contribution in [0.2, 0.25) is 5.02 Å². The van der Waals surface area contributed by atoms with Crippen molar-refractivity contribution in [2.45, 2.75) is 32.1 Å². The second-order valence-corrected chi connectivity index (χ2v) is 6.98. The molecule has 26 heavy (non-hydrogen) atoms. The number of nitrogens with one attached hydrogen (secondary N) is 1. The average Bonchev–Trinajstić information content (AvgIpc) is 2.96. The number of fused-ring (bicyclic) bond motifs is 1. The first kappa shape index (κ1) is 18.5. The zero-order chi connectivity index (χ0) is 18.4. The van der Waals surface area contributed by atoms with E-state index >= 15 is 0 Å². The Bertz CT molecular complexity index is 871. The van der Waals surface area contributed by atoms with Gasteiger partial charge in [-0.1, -0.05) is 42.3 Å². The second-order valence-electron chi connectivity index (χ2n) is 6.54. The monoisotopic (exact) mass is 369 g/mol. The van der Waals surface area contributed by atoms with Crippen molar-refractivity contribution in [3.05, 3.63) is 64.9 Å². The summed E-state index contributed by atoms with van der Waals surface area (Å²) in [6.07, 6.45) is 4.49.